The molecule has 0 saturated carbocycles. The Morgan fingerprint density at radius 2 is 2.05 bits per heavy atom. The average Bonchev–Trinajstić information content (AvgIpc) is 2.95. The second-order valence-electron chi connectivity index (χ2n) is 4.87. The van der Waals surface area contributed by atoms with Crippen molar-refractivity contribution >= 4 is 23.2 Å². The van der Waals surface area contributed by atoms with Crippen LogP contribution in [-0.4, -0.2) is 22.0 Å². The third-order valence-corrected chi connectivity index (χ3v) is 3.99. The van der Waals surface area contributed by atoms with Gasteiger partial charge in [0.2, 0.25) is 5.91 Å². The number of halogens is 1. The van der Waals surface area contributed by atoms with E-state index in [1.807, 2.05) is 6.92 Å². The maximum Gasteiger partial charge on any atom is 0.355 e. The number of nitrogens with zero attached hydrogens (tertiary/aromatic N) is 1. The number of nitrogens with one attached hydrogen (secondary N) is 1. The Bertz CT molecular complexity index is 670. The highest BCUT2D eigenvalue weighted by molar-refractivity contribution is 7.09. The first-order chi connectivity index (χ1) is 10.5. The zero-order valence-electron chi connectivity index (χ0n) is 11.9. The SMILES string of the molecule is CC(CC(=O)NCc1nc(C(=O)O)cs1)c1ccc(F)cc1. The van der Waals surface area contributed by atoms with Crippen molar-refractivity contribution in [3.63, 3.8) is 0 Å². The summed E-state index contributed by atoms with van der Waals surface area (Å²) in [7, 11) is 0. The summed E-state index contributed by atoms with van der Waals surface area (Å²) in [4.78, 5) is 26.5. The van der Waals surface area contributed by atoms with E-state index in [4.69, 9.17) is 5.11 Å². The van der Waals surface area contributed by atoms with Crippen LogP contribution in [0.2, 0.25) is 0 Å². The van der Waals surface area contributed by atoms with Crippen LogP contribution in [0.15, 0.2) is 29.6 Å². The summed E-state index contributed by atoms with van der Waals surface area (Å²) in [5.41, 5.74) is 0.868. The first-order valence-corrected chi connectivity index (χ1v) is 7.53. The number of carboxylic acids is 1. The molecule has 2 N–H and O–H groups in total. The minimum absolute atomic E-state index is 0.0195. The number of aromatic carboxylic acids is 1. The first-order valence-electron chi connectivity index (χ1n) is 6.65. The number of benzene rings is 1. The van der Waals surface area contributed by atoms with Gasteiger partial charge in [0, 0.05) is 11.8 Å². The molecule has 0 aliphatic heterocycles. The van der Waals surface area contributed by atoms with Gasteiger partial charge in [-0.15, -0.1) is 11.3 Å². The molecule has 22 heavy (non-hydrogen) atoms. The standard InChI is InChI=1S/C15H15FN2O3S/c1-9(10-2-4-11(16)5-3-10)6-13(19)17-7-14-18-12(8-22-14)15(20)21/h2-5,8-9H,6-7H2,1H3,(H,17,19)(H,20,21). The Labute approximate surface area is 130 Å². The number of hydrogen-bond donors (Lipinski definition) is 2. The number of hydrogen-bond acceptors (Lipinski definition) is 4. The van der Waals surface area contributed by atoms with Crippen LogP contribution in [0.1, 0.15) is 40.3 Å². The fraction of sp³-hybridized carbons (Fsp3) is 0.267. The number of amides is 1. The summed E-state index contributed by atoms with van der Waals surface area (Å²) in [5, 5.41) is 13.5. The lowest BCUT2D eigenvalue weighted by Crippen LogP contribution is -2.24. The van der Waals surface area contributed by atoms with Gasteiger partial charge in [0.25, 0.3) is 0 Å². The largest absolute Gasteiger partial charge is 0.476 e. The number of aromatic nitrogens is 1. The summed E-state index contributed by atoms with van der Waals surface area (Å²) >= 11 is 1.19. The van der Waals surface area contributed by atoms with E-state index in [1.165, 1.54) is 28.8 Å². The monoisotopic (exact) mass is 322 g/mol. The van der Waals surface area contributed by atoms with Gasteiger partial charge in [0.1, 0.15) is 10.8 Å². The molecular weight excluding hydrogens is 307 g/mol. The van der Waals surface area contributed by atoms with E-state index >= 15 is 0 Å². The van der Waals surface area contributed by atoms with E-state index in [9.17, 15) is 14.0 Å². The fourth-order valence-electron chi connectivity index (χ4n) is 1.92. The van der Waals surface area contributed by atoms with Crippen LogP contribution in [0, 0.1) is 5.82 Å². The molecule has 1 amide bonds. The van der Waals surface area contributed by atoms with E-state index in [0.717, 1.165) is 5.56 Å². The zero-order chi connectivity index (χ0) is 16.1. The lowest BCUT2D eigenvalue weighted by molar-refractivity contribution is -0.121. The Morgan fingerprint density at radius 3 is 2.64 bits per heavy atom. The lowest BCUT2D eigenvalue weighted by atomic mass is 9.97. The normalized spacial score (nSPS) is 11.9. The van der Waals surface area contributed by atoms with Gasteiger partial charge in [-0.25, -0.2) is 14.2 Å². The van der Waals surface area contributed by atoms with Crippen molar-refractivity contribution in [3.8, 4) is 0 Å². The highest BCUT2D eigenvalue weighted by Gasteiger charge is 2.13. The molecule has 7 heteroatoms. The van der Waals surface area contributed by atoms with Gasteiger partial charge in [-0.3, -0.25) is 4.79 Å². The van der Waals surface area contributed by atoms with Crippen molar-refractivity contribution < 1.29 is 19.1 Å². The van der Waals surface area contributed by atoms with Gasteiger partial charge < -0.3 is 10.4 Å². The van der Waals surface area contributed by atoms with E-state index < -0.39 is 5.97 Å². The molecule has 0 aliphatic rings. The van der Waals surface area contributed by atoms with Gasteiger partial charge in [0.05, 0.1) is 6.54 Å². The van der Waals surface area contributed by atoms with Crippen molar-refractivity contribution in [2.24, 2.45) is 0 Å². The second kappa shape index (κ2) is 7.13. The molecule has 1 aromatic carbocycles. The minimum atomic E-state index is -1.08. The second-order valence-corrected chi connectivity index (χ2v) is 5.81. The van der Waals surface area contributed by atoms with Crippen LogP contribution < -0.4 is 5.32 Å². The van der Waals surface area contributed by atoms with Crippen LogP contribution in [-0.2, 0) is 11.3 Å². The third-order valence-electron chi connectivity index (χ3n) is 3.14. The van der Waals surface area contributed by atoms with Crippen LogP contribution in [0.5, 0.6) is 0 Å². The summed E-state index contributed by atoms with van der Waals surface area (Å²) in [5.74, 6) is -1.59. The van der Waals surface area contributed by atoms with Crippen LogP contribution >= 0.6 is 11.3 Å². The summed E-state index contributed by atoms with van der Waals surface area (Å²) in [6.07, 6.45) is 0.267. The number of rotatable bonds is 6. The zero-order valence-corrected chi connectivity index (χ0v) is 12.7. The van der Waals surface area contributed by atoms with E-state index in [1.54, 1.807) is 12.1 Å². The molecule has 0 aliphatic carbocycles. The molecule has 5 nitrogen and oxygen atoms in total. The molecule has 2 rings (SSSR count). The van der Waals surface area contributed by atoms with Crippen molar-refractivity contribution in [3.05, 3.63) is 51.7 Å². The van der Waals surface area contributed by atoms with Crippen LogP contribution in [0.3, 0.4) is 0 Å². The van der Waals surface area contributed by atoms with Crippen molar-refractivity contribution in [2.75, 3.05) is 0 Å². The topological polar surface area (TPSA) is 79.3 Å². The summed E-state index contributed by atoms with van der Waals surface area (Å²) < 4.78 is 12.9. The molecular formula is C15H15FN2O3S. The molecule has 0 fully saturated rings. The van der Waals surface area contributed by atoms with Crippen molar-refractivity contribution in [1.82, 2.24) is 10.3 Å². The molecule has 1 heterocycles. The van der Waals surface area contributed by atoms with E-state index in [-0.39, 0.29) is 36.3 Å². The van der Waals surface area contributed by atoms with Gasteiger partial charge in [0.15, 0.2) is 5.69 Å². The van der Waals surface area contributed by atoms with Gasteiger partial charge >= 0.3 is 5.97 Å². The van der Waals surface area contributed by atoms with Crippen molar-refractivity contribution in [2.45, 2.75) is 25.8 Å². The highest BCUT2D eigenvalue weighted by atomic mass is 32.1. The molecule has 0 bridgehead atoms. The maximum atomic E-state index is 12.9. The summed E-state index contributed by atoms with van der Waals surface area (Å²) in [6.45, 7) is 2.09. The molecule has 1 aromatic heterocycles. The molecule has 0 saturated heterocycles. The maximum absolute atomic E-state index is 12.9. The summed E-state index contributed by atoms with van der Waals surface area (Å²) in [6, 6.07) is 6.06. The molecule has 116 valence electrons. The molecule has 1 atom stereocenters. The van der Waals surface area contributed by atoms with E-state index in [0.29, 0.717) is 5.01 Å². The van der Waals surface area contributed by atoms with Gasteiger partial charge in [-0.05, 0) is 23.6 Å². The number of carbonyl (C=O) groups excluding carboxylic acids is 1. The van der Waals surface area contributed by atoms with Crippen molar-refractivity contribution in [1.29, 1.82) is 0 Å². The molecule has 0 radical (unpaired) electrons. The van der Waals surface area contributed by atoms with Crippen LogP contribution in [0.25, 0.3) is 0 Å². The average molecular weight is 322 g/mol. The van der Waals surface area contributed by atoms with Gasteiger partial charge in [-0.1, -0.05) is 19.1 Å². The van der Waals surface area contributed by atoms with Gasteiger partial charge in [-0.2, -0.15) is 0 Å². The minimum Gasteiger partial charge on any atom is -0.476 e. The predicted molar refractivity (Wildman–Crippen MR) is 80.4 cm³/mol. The Balaban J connectivity index is 1.84. The highest BCUT2D eigenvalue weighted by Crippen LogP contribution is 2.19. The van der Waals surface area contributed by atoms with Crippen LogP contribution in [0.4, 0.5) is 4.39 Å². The Hall–Kier alpha value is -2.28. The lowest BCUT2D eigenvalue weighted by Gasteiger charge is -2.11. The quantitative estimate of drug-likeness (QED) is 0.857. The Kier molecular flexibility index (Phi) is 5.21. The number of thiazole rings is 1. The predicted octanol–water partition coefficient (Wildman–Crippen LogP) is 2.79. The van der Waals surface area contributed by atoms with E-state index in [2.05, 4.69) is 10.3 Å². The Morgan fingerprint density at radius 1 is 1.36 bits per heavy atom. The third kappa shape index (κ3) is 4.36. The fourth-order valence-corrected chi connectivity index (χ4v) is 2.63. The number of carbonyl (C=O) groups is 2. The molecule has 0 spiro atoms. The first kappa shape index (κ1) is 16.1. The molecule has 1 unspecified atom stereocenters. The molecule has 2 aromatic rings. The number of carboxylic acid groups (broad SMARTS) is 1. The smallest absolute Gasteiger partial charge is 0.355 e.